The molecule has 1 heterocycles. The van der Waals surface area contributed by atoms with Gasteiger partial charge >= 0.3 is 0 Å². The number of aliphatic hydroxyl groups excluding tert-OH is 2. The molecule has 0 radical (unpaired) electrons. The van der Waals surface area contributed by atoms with Crippen molar-refractivity contribution in [2.75, 3.05) is 6.54 Å². The SMILES string of the molecule is N#Cc1cc(F)ccc1-c1ccc(CNC(=O)C(O)C(O)C(=O)N2CCC[C@@H]2c2cccc(Cl)c2)cc1. The molecule has 0 spiro atoms. The van der Waals surface area contributed by atoms with E-state index in [1.807, 2.05) is 12.1 Å². The zero-order valence-electron chi connectivity index (χ0n) is 19.8. The number of halogens is 2. The van der Waals surface area contributed by atoms with Crippen LogP contribution < -0.4 is 5.32 Å². The Hall–Kier alpha value is -3.77. The van der Waals surface area contributed by atoms with E-state index in [0.29, 0.717) is 34.7 Å². The first-order chi connectivity index (χ1) is 17.8. The van der Waals surface area contributed by atoms with Gasteiger partial charge in [-0.3, -0.25) is 9.59 Å². The molecule has 3 aromatic rings. The topological polar surface area (TPSA) is 114 Å². The fourth-order valence-corrected chi connectivity index (χ4v) is 4.69. The van der Waals surface area contributed by atoms with Crippen molar-refractivity contribution in [2.24, 2.45) is 0 Å². The maximum absolute atomic E-state index is 13.4. The summed E-state index contributed by atoms with van der Waals surface area (Å²) in [5.41, 5.74) is 3.00. The molecule has 2 unspecified atom stereocenters. The quantitative estimate of drug-likeness (QED) is 0.438. The van der Waals surface area contributed by atoms with Crippen molar-refractivity contribution in [1.29, 1.82) is 5.26 Å². The highest BCUT2D eigenvalue weighted by molar-refractivity contribution is 6.30. The maximum atomic E-state index is 13.4. The molecular weight excluding hydrogens is 497 g/mol. The van der Waals surface area contributed by atoms with Gasteiger partial charge in [0, 0.05) is 18.1 Å². The van der Waals surface area contributed by atoms with Crippen LogP contribution in [0.1, 0.15) is 35.6 Å². The van der Waals surface area contributed by atoms with Gasteiger partial charge in [0.05, 0.1) is 17.7 Å². The minimum Gasteiger partial charge on any atom is -0.380 e. The number of rotatable bonds is 7. The molecule has 37 heavy (non-hydrogen) atoms. The van der Waals surface area contributed by atoms with Gasteiger partial charge in [0.15, 0.2) is 12.2 Å². The summed E-state index contributed by atoms with van der Waals surface area (Å²) in [5.74, 6) is -2.10. The van der Waals surface area contributed by atoms with Crippen LogP contribution in [0.25, 0.3) is 11.1 Å². The number of amides is 2. The lowest BCUT2D eigenvalue weighted by Crippen LogP contribution is -2.50. The van der Waals surface area contributed by atoms with Crippen molar-refractivity contribution in [3.8, 4) is 17.2 Å². The van der Waals surface area contributed by atoms with Crippen molar-refractivity contribution >= 4 is 23.4 Å². The maximum Gasteiger partial charge on any atom is 0.255 e. The summed E-state index contributed by atoms with van der Waals surface area (Å²) >= 11 is 6.08. The molecule has 7 nitrogen and oxygen atoms in total. The van der Waals surface area contributed by atoms with Crippen LogP contribution in [0.3, 0.4) is 0 Å². The van der Waals surface area contributed by atoms with E-state index in [1.165, 1.54) is 17.0 Å². The van der Waals surface area contributed by atoms with E-state index in [2.05, 4.69) is 5.32 Å². The molecule has 3 aromatic carbocycles. The molecule has 0 aliphatic carbocycles. The van der Waals surface area contributed by atoms with Gasteiger partial charge in [0.1, 0.15) is 5.82 Å². The number of carbonyl (C=O) groups excluding carboxylic acids is 2. The highest BCUT2D eigenvalue weighted by Crippen LogP contribution is 2.33. The zero-order chi connectivity index (χ0) is 26.5. The molecule has 0 bridgehead atoms. The van der Waals surface area contributed by atoms with E-state index in [1.54, 1.807) is 42.5 Å². The zero-order valence-corrected chi connectivity index (χ0v) is 20.5. The Balaban J connectivity index is 1.36. The van der Waals surface area contributed by atoms with Gasteiger partial charge in [-0.25, -0.2) is 4.39 Å². The molecule has 4 rings (SSSR count). The van der Waals surface area contributed by atoms with Crippen molar-refractivity contribution in [1.82, 2.24) is 10.2 Å². The first kappa shape index (κ1) is 26.3. The van der Waals surface area contributed by atoms with Crippen molar-refractivity contribution in [3.05, 3.63) is 94.3 Å². The number of hydrogen-bond acceptors (Lipinski definition) is 5. The number of benzene rings is 3. The molecule has 1 aliphatic heterocycles. The van der Waals surface area contributed by atoms with Gasteiger partial charge in [0.2, 0.25) is 0 Å². The summed E-state index contributed by atoms with van der Waals surface area (Å²) in [6, 6.07) is 19.7. The van der Waals surface area contributed by atoms with Gasteiger partial charge in [-0.15, -0.1) is 0 Å². The van der Waals surface area contributed by atoms with Gasteiger partial charge in [-0.1, -0.05) is 54.1 Å². The molecule has 0 saturated carbocycles. The summed E-state index contributed by atoms with van der Waals surface area (Å²) in [7, 11) is 0. The fourth-order valence-electron chi connectivity index (χ4n) is 4.50. The van der Waals surface area contributed by atoms with E-state index in [9.17, 15) is 29.5 Å². The third kappa shape index (κ3) is 5.97. The lowest BCUT2D eigenvalue weighted by molar-refractivity contribution is -0.153. The molecule has 1 saturated heterocycles. The van der Waals surface area contributed by atoms with Crippen molar-refractivity contribution < 1.29 is 24.2 Å². The molecule has 0 aromatic heterocycles. The predicted octanol–water partition coefficient (Wildman–Crippen LogP) is 3.72. The molecule has 3 atom stereocenters. The second-order valence-corrected chi connectivity index (χ2v) is 9.29. The number of hydrogen-bond donors (Lipinski definition) is 3. The third-order valence-electron chi connectivity index (χ3n) is 6.42. The van der Waals surface area contributed by atoms with Crippen LogP contribution in [-0.4, -0.2) is 45.7 Å². The summed E-state index contributed by atoms with van der Waals surface area (Å²) in [6.07, 6.45) is -2.44. The summed E-state index contributed by atoms with van der Waals surface area (Å²) in [6.45, 7) is 0.440. The average molecular weight is 522 g/mol. The van der Waals surface area contributed by atoms with E-state index < -0.39 is 29.8 Å². The number of nitrogens with one attached hydrogen (secondary N) is 1. The highest BCUT2D eigenvalue weighted by Gasteiger charge is 2.38. The Labute approximate surface area is 218 Å². The van der Waals surface area contributed by atoms with Crippen LogP contribution in [0, 0.1) is 17.1 Å². The molecule has 190 valence electrons. The first-order valence-corrected chi connectivity index (χ1v) is 12.1. The number of likely N-dealkylation sites (tertiary alicyclic amines) is 1. The standard InChI is InChI=1S/C28H25ClFN3O4/c29-21-4-1-3-19(13-21)24-5-2-12-33(24)28(37)26(35)25(34)27(36)32-16-17-6-8-18(9-7-17)23-11-10-22(30)14-20(23)15-31/h1,3-4,6-11,13-14,24-26,34-35H,2,5,12,16H2,(H,32,36)/t24-,25?,26?/m1/s1. The fraction of sp³-hybridized carbons (Fsp3) is 0.250. The molecule has 1 fully saturated rings. The highest BCUT2D eigenvalue weighted by atomic mass is 35.5. The van der Waals surface area contributed by atoms with E-state index >= 15 is 0 Å². The predicted molar refractivity (Wildman–Crippen MR) is 136 cm³/mol. The third-order valence-corrected chi connectivity index (χ3v) is 6.66. The Bertz CT molecular complexity index is 1340. The summed E-state index contributed by atoms with van der Waals surface area (Å²) in [4.78, 5) is 26.9. The first-order valence-electron chi connectivity index (χ1n) is 11.8. The Morgan fingerprint density at radius 3 is 2.57 bits per heavy atom. The number of nitriles is 1. The number of carbonyl (C=O) groups is 2. The monoisotopic (exact) mass is 521 g/mol. The second-order valence-electron chi connectivity index (χ2n) is 8.85. The largest absolute Gasteiger partial charge is 0.380 e. The van der Waals surface area contributed by atoms with Gasteiger partial charge in [0.25, 0.3) is 11.8 Å². The molecule has 2 amide bonds. The van der Waals surface area contributed by atoms with Crippen LogP contribution in [0.2, 0.25) is 5.02 Å². The summed E-state index contributed by atoms with van der Waals surface area (Å²) < 4.78 is 13.4. The van der Waals surface area contributed by atoms with Crippen LogP contribution in [-0.2, 0) is 16.1 Å². The van der Waals surface area contributed by atoms with Crippen molar-refractivity contribution in [3.63, 3.8) is 0 Å². The van der Waals surface area contributed by atoms with Crippen LogP contribution in [0.5, 0.6) is 0 Å². The Morgan fingerprint density at radius 1 is 1.11 bits per heavy atom. The van der Waals surface area contributed by atoms with E-state index in [4.69, 9.17) is 11.6 Å². The average Bonchev–Trinajstić information content (AvgIpc) is 3.41. The lowest BCUT2D eigenvalue weighted by atomic mass is 9.99. The van der Waals surface area contributed by atoms with Gasteiger partial charge < -0.3 is 20.4 Å². The molecular formula is C28H25ClFN3O4. The van der Waals surface area contributed by atoms with Gasteiger partial charge in [-0.05, 0) is 59.4 Å². The van der Waals surface area contributed by atoms with Gasteiger partial charge in [-0.2, -0.15) is 5.26 Å². The number of nitrogens with zero attached hydrogens (tertiary/aromatic N) is 2. The normalized spacial score (nSPS) is 16.6. The number of aliphatic hydroxyl groups is 2. The van der Waals surface area contributed by atoms with Crippen LogP contribution in [0.4, 0.5) is 4.39 Å². The lowest BCUT2D eigenvalue weighted by Gasteiger charge is -2.28. The van der Waals surface area contributed by atoms with Crippen LogP contribution in [0.15, 0.2) is 66.7 Å². The molecule has 3 N–H and O–H groups in total. The Kier molecular flexibility index (Phi) is 8.19. The smallest absolute Gasteiger partial charge is 0.255 e. The Morgan fingerprint density at radius 2 is 1.86 bits per heavy atom. The minimum atomic E-state index is -1.94. The van der Waals surface area contributed by atoms with E-state index in [-0.39, 0.29) is 18.2 Å². The minimum absolute atomic E-state index is 0.0421. The van der Waals surface area contributed by atoms with Crippen LogP contribution >= 0.6 is 11.6 Å². The summed E-state index contributed by atoms with van der Waals surface area (Å²) in [5, 5.41) is 33.2. The van der Waals surface area contributed by atoms with E-state index in [0.717, 1.165) is 18.1 Å². The molecule has 9 heteroatoms. The van der Waals surface area contributed by atoms with Crippen molar-refractivity contribution in [2.45, 2.75) is 37.6 Å². The second kappa shape index (κ2) is 11.5. The molecule has 1 aliphatic rings.